The van der Waals surface area contributed by atoms with Crippen LogP contribution in [0.3, 0.4) is 0 Å². The highest BCUT2D eigenvalue weighted by Crippen LogP contribution is 2.48. The number of hydrogen-bond acceptors (Lipinski definition) is 5. The molecule has 4 aromatic carbocycles. The molecule has 0 unspecified atom stereocenters. The number of carbonyl (C=O) groups excluding carboxylic acids is 2. The lowest BCUT2D eigenvalue weighted by molar-refractivity contribution is -0.126. The summed E-state index contributed by atoms with van der Waals surface area (Å²) in [5.41, 5.74) is 2.10. The molecule has 1 N–H and O–H groups in total. The molecule has 0 aliphatic carbocycles. The van der Waals surface area contributed by atoms with Crippen LogP contribution in [0.5, 0.6) is 5.75 Å². The number of benzene rings is 4. The summed E-state index contributed by atoms with van der Waals surface area (Å²) in [4.78, 5) is 34.8. The van der Waals surface area contributed by atoms with E-state index in [-0.39, 0.29) is 17.6 Å². The Morgan fingerprint density at radius 1 is 0.727 bits per heavy atom. The molecule has 2 aliphatic rings. The number of hydroxylamine groups is 1. The number of hydrogen-bond donors (Lipinski definition) is 1. The molecule has 2 fully saturated rings. The van der Waals surface area contributed by atoms with E-state index < -0.39 is 18.1 Å². The fourth-order valence-electron chi connectivity index (χ4n) is 4.86. The van der Waals surface area contributed by atoms with E-state index in [9.17, 15) is 14.7 Å². The molecule has 2 amide bonds. The van der Waals surface area contributed by atoms with Gasteiger partial charge in [-0.25, -0.2) is 9.96 Å². The largest absolute Gasteiger partial charge is 0.508 e. The highest BCUT2D eigenvalue weighted by atomic mass is 16.7. The molecular formula is C27H20N2O4. The van der Waals surface area contributed by atoms with Crippen molar-refractivity contribution in [1.82, 2.24) is 0 Å². The Morgan fingerprint density at radius 3 is 2.21 bits per heavy atom. The first-order valence-corrected chi connectivity index (χ1v) is 10.8. The van der Waals surface area contributed by atoms with E-state index in [1.54, 1.807) is 35.4 Å². The average molecular weight is 436 g/mol. The number of para-hydroxylation sites is 1. The Hall–Kier alpha value is -4.16. The molecule has 0 saturated carbocycles. The van der Waals surface area contributed by atoms with Gasteiger partial charge in [0.2, 0.25) is 5.91 Å². The second-order valence-electron chi connectivity index (χ2n) is 8.26. The zero-order valence-electron chi connectivity index (χ0n) is 17.5. The molecule has 6 nitrogen and oxygen atoms in total. The fraction of sp³-hybridized carbons (Fsp3) is 0.111. The van der Waals surface area contributed by atoms with Crippen molar-refractivity contribution in [3.05, 3.63) is 103 Å². The van der Waals surface area contributed by atoms with Gasteiger partial charge < -0.3 is 5.11 Å². The fourth-order valence-corrected chi connectivity index (χ4v) is 4.86. The third kappa shape index (κ3) is 2.99. The predicted molar refractivity (Wildman–Crippen MR) is 125 cm³/mol. The molecule has 0 bridgehead atoms. The van der Waals surface area contributed by atoms with Gasteiger partial charge in [-0.3, -0.25) is 14.4 Å². The van der Waals surface area contributed by atoms with Gasteiger partial charge in [0.05, 0.1) is 17.4 Å². The number of nitrogens with zero attached hydrogens (tertiary/aromatic N) is 2. The number of anilines is 2. The van der Waals surface area contributed by atoms with E-state index in [0.717, 1.165) is 22.0 Å². The molecule has 0 aromatic heterocycles. The number of fused-ring (bicyclic) bond motifs is 2. The summed E-state index contributed by atoms with van der Waals surface area (Å²) < 4.78 is 0. The van der Waals surface area contributed by atoms with Crippen molar-refractivity contribution >= 4 is 34.0 Å². The number of amides is 2. The van der Waals surface area contributed by atoms with Crippen LogP contribution in [0.2, 0.25) is 0 Å². The van der Waals surface area contributed by atoms with E-state index >= 15 is 0 Å². The maximum absolute atomic E-state index is 13.8. The third-order valence-electron chi connectivity index (χ3n) is 6.37. The van der Waals surface area contributed by atoms with Gasteiger partial charge in [-0.05, 0) is 41.3 Å². The molecule has 6 rings (SSSR count). The maximum atomic E-state index is 13.8. The lowest BCUT2D eigenvalue weighted by atomic mass is 9.90. The Labute approximate surface area is 190 Å². The van der Waals surface area contributed by atoms with Gasteiger partial charge in [0.1, 0.15) is 11.7 Å². The summed E-state index contributed by atoms with van der Waals surface area (Å²) in [6.45, 7) is 0. The summed E-state index contributed by atoms with van der Waals surface area (Å²) in [5.74, 6) is -1.26. The Balaban J connectivity index is 1.46. The van der Waals surface area contributed by atoms with Crippen LogP contribution in [-0.4, -0.2) is 23.0 Å². The predicted octanol–water partition coefficient (Wildman–Crippen LogP) is 4.60. The maximum Gasteiger partial charge on any atom is 0.266 e. The molecule has 162 valence electrons. The highest BCUT2D eigenvalue weighted by molar-refractivity contribution is 6.26. The van der Waals surface area contributed by atoms with Crippen LogP contribution in [-0.2, 0) is 14.4 Å². The highest BCUT2D eigenvalue weighted by Gasteiger charge is 2.60. The van der Waals surface area contributed by atoms with Gasteiger partial charge >= 0.3 is 0 Å². The molecule has 0 spiro atoms. The molecule has 3 atom stereocenters. The molecule has 4 aromatic rings. The topological polar surface area (TPSA) is 70.1 Å². The van der Waals surface area contributed by atoms with E-state index in [2.05, 4.69) is 0 Å². The van der Waals surface area contributed by atoms with Crippen molar-refractivity contribution in [2.24, 2.45) is 5.92 Å². The standard InChI is InChI=1S/C27H20N2O4/c30-20-15-13-18(14-16-20)24-23-25(33-29(24)19-9-2-1-3-10-19)27(32)28(26(23)31)22-12-6-8-17-7-4-5-11-21(17)22/h1-16,23-25,30H/t23-,24+,25-/m1/s1. The van der Waals surface area contributed by atoms with Gasteiger partial charge in [0.15, 0.2) is 6.10 Å². The van der Waals surface area contributed by atoms with Crippen molar-refractivity contribution in [1.29, 1.82) is 0 Å². The van der Waals surface area contributed by atoms with Gasteiger partial charge in [0, 0.05) is 5.39 Å². The number of carbonyl (C=O) groups is 2. The normalized spacial score (nSPS) is 22.2. The number of phenols is 1. The quantitative estimate of drug-likeness (QED) is 0.476. The first kappa shape index (κ1) is 19.5. The minimum absolute atomic E-state index is 0.131. The van der Waals surface area contributed by atoms with Crippen molar-refractivity contribution < 1.29 is 19.5 Å². The first-order chi connectivity index (χ1) is 16.1. The van der Waals surface area contributed by atoms with E-state index in [1.807, 2.05) is 66.7 Å². The van der Waals surface area contributed by atoms with Crippen LogP contribution in [0.1, 0.15) is 11.6 Å². The van der Waals surface area contributed by atoms with Crippen LogP contribution < -0.4 is 9.96 Å². The molecule has 6 heteroatoms. The van der Waals surface area contributed by atoms with Crippen molar-refractivity contribution in [2.45, 2.75) is 12.1 Å². The second kappa shape index (κ2) is 7.46. The van der Waals surface area contributed by atoms with Gasteiger partial charge in [-0.1, -0.05) is 66.7 Å². The van der Waals surface area contributed by atoms with Crippen molar-refractivity contribution in [3.8, 4) is 5.75 Å². The van der Waals surface area contributed by atoms with Gasteiger partial charge in [-0.2, -0.15) is 0 Å². The third-order valence-corrected chi connectivity index (χ3v) is 6.37. The Kier molecular flexibility index (Phi) is 4.41. The van der Waals surface area contributed by atoms with E-state index in [0.29, 0.717) is 5.69 Å². The van der Waals surface area contributed by atoms with Crippen LogP contribution in [0.25, 0.3) is 10.8 Å². The Morgan fingerprint density at radius 2 is 1.42 bits per heavy atom. The summed E-state index contributed by atoms with van der Waals surface area (Å²) in [5, 5.41) is 13.2. The van der Waals surface area contributed by atoms with Crippen molar-refractivity contribution in [3.63, 3.8) is 0 Å². The van der Waals surface area contributed by atoms with Gasteiger partial charge in [0.25, 0.3) is 5.91 Å². The van der Waals surface area contributed by atoms with Crippen LogP contribution in [0.4, 0.5) is 11.4 Å². The van der Waals surface area contributed by atoms with Crippen LogP contribution >= 0.6 is 0 Å². The molecule has 2 saturated heterocycles. The molecule has 2 heterocycles. The zero-order valence-corrected chi connectivity index (χ0v) is 17.5. The van der Waals surface area contributed by atoms with Gasteiger partial charge in [-0.15, -0.1) is 0 Å². The number of phenolic OH excluding ortho intramolecular Hbond substituents is 1. The van der Waals surface area contributed by atoms with E-state index in [1.165, 1.54) is 4.90 Å². The molecular weight excluding hydrogens is 416 g/mol. The summed E-state index contributed by atoms with van der Waals surface area (Å²) >= 11 is 0. The summed E-state index contributed by atoms with van der Waals surface area (Å²) in [7, 11) is 0. The SMILES string of the molecule is O=C1[C@H]2[C@@H](ON(c3ccccc3)[C@H]2c2ccc(O)cc2)C(=O)N1c1cccc2ccccc12. The molecule has 2 aliphatic heterocycles. The summed E-state index contributed by atoms with van der Waals surface area (Å²) in [6, 6.07) is 28.9. The summed E-state index contributed by atoms with van der Waals surface area (Å²) in [6.07, 6.45) is -0.935. The number of aromatic hydroxyl groups is 1. The zero-order chi connectivity index (χ0) is 22.5. The minimum Gasteiger partial charge on any atom is -0.508 e. The lowest BCUT2D eigenvalue weighted by Gasteiger charge is -2.29. The van der Waals surface area contributed by atoms with E-state index in [4.69, 9.17) is 4.84 Å². The minimum atomic E-state index is -0.935. The van der Waals surface area contributed by atoms with Crippen LogP contribution in [0, 0.1) is 5.92 Å². The second-order valence-corrected chi connectivity index (χ2v) is 8.26. The van der Waals surface area contributed by atoms with Crippen LogP contribution in [0.15, 0.2) is 97.1 Å². The molecule has 33 heavy (non-hydrogen) atoms. The Bertz CT molecular complexity index is 1360. The monoisotopic (exact) mass is 436 g/mol. The lowest BCUT2D eigenvalue weighted by Crippen LogP contribution is -2.37. The number of imide groups is 1. The van der Waals surface area contributed by atoms with Crippen molar-refractivity contribution in [2.75, 3.05) is 9.96 Å². The average Bonchev–Trinajstić information content (AvgIpc) is 3.36. The molecule has 0 radical (unpaired) electrons. The number of rotatable bonds is 3. The first-order valence-electron chi connectivity index (χ1n) is 10.8. The smallest absolute Gasteiger partial charge is 0.266 e.